The topological polar surface area (TPSA) is 52.5 Å². The Balaban J connectivity index is 1.97. The highest BCUT2D eigenvalue weighted by Crippen LogP contribution is 2.19. The molecular weight excluding hydrogens is 286 g/mol. The Morgan fingerprint density at radius 2 is 1.62 bits per heavy atom. The Hall–Kier alpha value is -1.39. The summed E-state index contributed by atoms with van der Waals surface area (Å²) >= 11 is 5.84. The zero-order valence-corrected chi connectivity index (χ0v) is 12.5. The molecule has 2 rings (SSSR count). The van der Waals surface area contributed by atoms with E-state index in [1.165, 1.54) is 0 Å². The summed E-state index contributed by atoms with van der Waals surface area (Å²) in [7, 11) is 0. The van der Waals surface area contributed by atoms with Crippen LogP contribution in [0, 0.1) is 0 Å². The van der Waals surface area contributed by atoms with Crippen LogP contribution < -0.4 is 5.32 Å². The maximum Gasteiger partial charge on any atom is 0.0914 e. The largest absolute Gasteiger partial charge is 0.396 e. The Morgan fingerprint density at radius 3 is 2.24 bits per heavy atom. The highest BCUT2D eigenvalue weighted by atomic mass is 35.5. The van der Waals surface area contributed by atoms with Crippen molar-refractivity contribution in [2.75, 3.05) is 13.2 Å². The minimum atomic E-state index is -0.604. The van der Waals surface area contributed by atoms with Crippen molar-refractivity contribution in [1.29, 1.82) is 0 Å². The predicted octanol–water partition coefficient (Wildman–Crippen LogP) is 3.09. The van der Waals surface area contributed by atoms with Gasteiger partial charge in [-0.25, -0.2) is 0 Å². The second-order valence-corrected chi connectivity index (χ2v) is 5.39. The van der Waals surface area contributed by atoms with E-state index in [-0.39, 0.29) is 12.6 Å². The molecule has 3 nitrogen and oxygen atoms in total. The summed E-state index contributed by atoms with van der Waals surface area (Å²) in [6.07, 6.45) is 0.00401. The van der Waals surface area contributed by atoms with E-state index in [0.717, 1.165) is 11.1 Å². The van der Waals surface area contributed by atoms with Crippen LogP contribution in [0.3, 0.4) is 0 Å². The Bertz CT molecular complexity index is 530. The molecule has 2 atom stereocenters. The van der Waals surface area contributed by atoms with E-state index < -0.39 is 6.10 Å². The van der Waals surface area contributed by atoms with Gasteiger partial charge in [-0.05, 0) is 29.7 Å². The van der Waals surface area contributed by atoms with Crippen LogP contribution in [0.2, 0.25) is 5.02 Å². The van der Waals surface area contributed by atoms with Crippen LogP contribution in [0.1, 0.15) is 29.7 Å². The van der Waals surface area contributed by atoms with Crippen molar-refractivity contribution in [3.05, 3.63) is 70.7 Å². The molecule has 0 aliphatic carbocycles. The summed E-state index contributed by atoms with van der Waals surface area (Å²) in [6.45, 7) is 0.519. The van der Waals surface area contributed by atoms with E-state index in [1.807, 2.05) is 42.5 Å². The van der Waals surface area contributed by atoms with Crippen LogP contribution >= 0.6 is 11.6 Å². The van der Waals surface area contributed by atoms with Crippen LogP contribution in [-0.2, 0) is 0 Å². The van der Waals surface area contributed by atoms with E-state index in [9.17, 15) is 10.2 Å². The first-order valence-corrected chi connectivity index (χ1v) is 7.41. The van der Waals surface area contributed by atoms with Gasteiger partial charge in [-0.1, -0.05) is 54.1 Å². The van der Waals surface area contributed by atoms with Crippen molar-refractivity contribution in [1.82, 2.24) is 5.32 Å². The number of halogens is 1. The van der Waals surface area contributed by atoms with Crippen molar-refractivity contribution in [3.8, 4) is 0 Å². The lowest BCUT2D eigenvalue weighted by Gasteiger charge is -2.21. The van der Waals surface area contributed by atoms with Crippen LogP contribution in [0.25, 0.3) is 0 Å². The molecule has 1 unspecified atom stereocenters. The lowest BCUT2D eigenvalue weighted by molar-refractivity contribution is 0.165. The van der Waals surface area contributed by atoms with Crippen molar-refractivity contribution < 1.29 is 10.2 Å². The number of aliphatic hydroxyl groups excluding tert-OH is 2. The van der Waals surface area contributed by atoms with E-state index in [0.29, 0.717) is 18.0 Å². The van der Waals surface area contributed by atoms with Gasteiger partial charge in [0.2, 0.25) is 0 Å². The molecule has 0 radical (unpaired) electrons. The van der Waals surface area contributed by atoms with Gasteiger partial charge in [-0.15, -0.1) is 0 Å². The fraction of sp³-hybridized carbons (Fsp3) is 0.294. The highest BCUT2D eigenvalue weighted by Gasteiger charge is 2.13. The van der Waals surface area contributed by atoms with Gasteiger partial charge in [0.1, 0.15) is 0 Å². The van der Waals surface area contributed by atoms with Gasteiger partial charge < -0.3 is 15.5 Å². The number of hydrogen-bond acceptors (Lipinski definition) is 3. The molecule has 21 heavy (non-hydrogen) atoms. The van der Waals surface area contributed by atoms with Crippen molar-refractivity contribution in [3.63, 3.8) is 0 Å². The molecule has 0 heterocycles. The zero-order valence-electron chi connectivity index (χ0n) is 11.7. The third-order valence-electron chi connectivity index (χ3n) is 3.43. The monoisotopic (exact) mass is 305 g/mol. The van der Waals surface area contributed by atoms with Gasteiger partial charge in [0.25, 0.3) is 0 Å². The van der Waals surface area contributed by atoms with Crippen molar-refractivity contribution in [2.24, 2.45) is 0 Å². The average Bonchev–Trinajstić information content (AvgIpc) is 2.52. The first-order valence-electron chi connectivity index (χ1n) is 7.03. The number of rotatable bonds is 7. The molecule has 3 N–H and O–H groups in total. The molecule has 0 saturated carbocycles. The number of benzene rings is 2. The van der Waals surface area contributed by atoms with Gasteiger partial charge >= 0.3 is 0 Å². The first-order chi connectivity index (χ1) is 10.2. The maximum atomic E-state index is 10.2. The van der Waals surface area contributed by atoms with Crippen LogP contribution in [0.5, 0.6) is 0 Å². The number of hydrogen-bond donors (Lipinski definition) is 3. The number of nitrogens with one attached hydrogen (secondary N) is 1. The van der Waals surface area contributed by atoms with Gasteiger partial charge in [0.05, 0.1) is 6.10 Å². The molecule has 0 amide bonds. The predicted molar refractivity (Wildman–Crippen MR) is 85.3 cm³/mol. The van der Waals surface area contributed by atoms with Crippen LogP contribution in [0.4, 0.5) is 0 Å². The van der Waals surface area contributed by atoms with Crippen LogP contribution in [0.15, 0.2) is 54.6 Å². The zero-order chi connectivity index (χ0) is 15.1. The molecule has 0 bridgehead atoms. The summed E-state index contributed by atoms with van der Waals surface area (Å²) in [5.74, 6) is 0. The molecule has 0 aromatic heterocycles. The fourth-order valence-corrected chi connectivity index (χ4v) is 2.38. The van der Waals surface area contributed by atoms with E-state index in [4.69, 9.17) is 11.6 Å². The molecule has 0 fully saturated rings. The summed E-state index contributed by atoms with van der Waals surface area (Å²) in [5.41, 5.74) is 1.93. The molecule has 0 aliphatic rings. The third kappa shape index (κ3) is 4.83. The Morgan fingerprint density at radius 1 is 0.952 bits per heavy atom. The molecule has 0 aliphatic heterocycles. The summed E-state index contributed by atoms with van der Waals surface area (Å²) in [4.78, 5) is 0. The van der Waals surface area contributed by atoms with E-state index in [1.54, 1.807) is 12.1 Å². The minimum Gasteiger partial charge on any atom is -0.396 e. The van der Waals surface area contributed by atoms with Crippen molar-refractivity contribution >= 4 is 11.6 Å². The third-order valence-corrected chi connectivity index (χ3v) is 3.68. The molecule has 4 heteroatoms. The van der Waals surface area contributed by atoms with Gasteiger partial charge in [0, 0.05) is 24.2 Å². The van der Waals surface area contributed by atoms with Gasteiger partial charge in [-0.3, -0.25) is 0 Å². The highest BCUT2D eigenvalue weighted by molar-refractivity contribution is 6.30. The quantitative estimate of drug-likeness (QED) is 0.737. The lowest BCUT2D eigenvalue weighted by atomic mass is 10.0. The SMILES string of the molecule is OCCC(NC[C@H](O)c1ccc(Cl)cc1)c1ccccc1. The molecule has 0 spiro atoms. The van der Waals surface area contributed by atoms with E-state index in [2.05, 4.69) is 5.32 Å². The molecule has 2 aromatic rings. The van der Waals surface area contributed by atoms with Crippen molar-refractivity contribution in [2.45, 2.75) is 18.6 Å². The average molecular weight is 306 g/mol. The Kier molecular flexibility index (Phi) is 6.21. The standard InChI is InChI=1S/C17H20ClNO2/c18-15-8-6-14(7-9-15)17(21)12-19-16(10-11-20)13-4-2-1-3-5-13/h1-9,16-17,19-21H,10-12H2/t16?,17-/m0/s1. The molecule has 0 saturated heterocycles. The van der Waals surface area contributed by atoms with Crippen LogP contribution in [-0.4, -0.2) is 23.4 Å². The molecule has 112 valence electrons. The fourth-order valence-electron chi connectivity index (χ4n) is 2.26. The molecular formula is C17H20ClNO2. The van der Waals surface area contributed by atoms with E-state index >= 15 is 0 Å². The normalized spacial score (nSPS) is 13.9. The molecule has 2 aromatic carbocycles. The second kappa shape index (κ2) is 8.15. The maximum absolute atomic E-state index is 10.2. The smallest absolute Gasteiger partial charge is 0.0914 e. The second-order valence-electron chi connectivity index (χ2n) is 4.95. The summed E-state index contributed by atoms with van der Waals surface area (Å²) < 4.78 is 0. The first kappa shape index (κ1) is 16.0. The lowest BCUT2D eigenvalue weighted by Crippen LogP contribution is -2.27. The van der Waals surface area contributed by atoms with Gasteiger partial charge in [-0.2, -0.15) is 0 Å². The summed E-state index contributed by atoms with van der Waals surface area (Å²) in [5, 5.41) is 23.4. The number of aliphatic hydroxyl groups is 2. The Labute approximate surface area is 130 Å². The van der Waals surface area contributed by atoms with Gasteiger partial charge in [0.15, 0.2) is 0 Å². The minimum absolute atomic E-state index is 0.0261. The summed E-state index contributed by atoms with van der Waals surface area (Å²) in [6, 6.07) is 17.1.